The van der Waals surface area contributed by atoms with Gasteiger partial charge in [0.2, 0.25) is 5.90 Å². The molecule has 0 fully saturated rings. The molecule has 1 aliphatic heterocycles. The van der Waals surface area contributed by atoms with Gasteiger partial charge in [0.15, 0.2) is 11.6 Å². The molecule has 2 N–H and O–H groups in total. The van der Waals surface area contributed by atoms with Crippen molar-refractivity contribution in [1.82, 2.24) is 5.32 Å². The van der Waals surface area contributed by atoms with Crippen molar-refractivity contribution in [3.8, 4) is 5.75 Å². The number of carbonyl (C=O) groups excluding carboxylic acids is 1. The zero-order valence-electron chi connectivity index (χ0n) is 22.9. The Balaban J connectivity index is 1.59. The third kappa shape index (κ3) is 6.82. The first-order chi connectivity index (χ1) is 20.8. The predicted octanol–water partition coefficient (Wildman–Crippen LogP) is 7.07. The molecule has 0 bridgehead atoms. The summed E-state index contributed by atoms with van der Waals surface area (Å²) in [6.07, 6.45) is -0.261. The molecule has 0 aromatic heterocycles. The van der Waals surface area contributed by atoms with Crippen LogP contribution < -0.4 is 10.1 Å². The fraction of sp³-hybridized carbons (Fsp3) is 0.212. The lowest BCUT2D eigenvalue weighted by Crippen LogP contribution is -2.50. The molecule has 43 heavy (non-hydrogen) atoms. The largest absolute Gasteiger partial charge is 0.494 e. The molecule has 6 nitrogen and oxygen atoms in total. The molecule has 0 radical (unpaired) electrons. The summed E-state index contributed by atoms with van der Waals surface area (Å²) >= 11 is 7.21. The summed E-state index contributed by atoms with van der Waals surface area (Å²) in [4.78, 5) is 19.3. The maximum absolute atomic E-state index is 14.5. The Bertz CT molecular complexity index is 1610. The van der Waals surface area contributed by atoms with Gasteiger partial charge in [-0.05, 0) is 54.1 Å². The summed E-state index contributed by atoms with van der Waals surface area (Å²) in [6.45, 7) is 0.0299. The highest BCUT2D eigenvalue weighted by Gasteiger charge is 2.54. The first-order valence-corrected chi connectivity index (χ1v) is 15.2. The van der Waals surface area contributed by atoms with Crippen LogP contribution in [-0.4, -0.2) is 35.7 Å². The van der Waals surface area contributed by atoms with Crippen LogP contribution in [0.15, 0.2) is 105 Å². The molecule has 1 heterocycles. The molecule has 10 heteroatoms. The van der Waals surface area contributed by atoms with E-state index in [9.17, 15) is 13.6 Å². The molecule has 222 valence electrons. The summed E-state index contributed by atoms with van der Waals surface area (Å²) in [5.41, 5.74) is 0.302. The number of hydrogen-bond acceptors (Lipinski definition) is 5. The van der Waals surface area contributed by atoms with Gasteiger partial charge in [-0.1, -0.05) is 74.3 Å². The van der Waals surface area contributed by atoms with Gasteiger partial charge in [-0.15, -0.1) is 0 Å². The Hall–Kier alpha value is -3.60. The van der Waals surface area contributed by atoms with E-state index in [0.717, 1.165) is 22.2 Å². The maximum Gasteiger partial charge on any atom is 0.252 e. The van der Waals surface area contributed by atoms with Gasteiger partial charge in [0.25, 0.3) is 5.91 Å². The zero-order chi connectivity index (χ0) is 30.4. The van der Waals surface area contributed by atoms with E-state index in [1.54, 1.807) is 24.3 Å². The molecular weight excluding hydrogens is 686 g/mol. The molecule has 0 spiro atoms. The lowest BCUT2D eigenvalue weighted by atomic mass is 9.82. The number of rotatable bonds is 11. The topological polar surface area (TPSA) is 80.2 Å². The van der Waals surface area contributed by atoms with Crippen molar-refractivity contribution < 1.29 is 28.2 Å². The van der Waals surface area contributed by atoms with E-state index in [1.165, 1.54) is 6.07 Å². The summed E-state index contributed by atoms with van der Waals surface area (Å²) in [5, 5.41) is 11.8. The summed E-state index contributed by atoms with van der Waals surface area (Å²) in [7, 11) is 0. The second-order valence-corrected chi connectivity index (χ2v) is 11.7. The standard InChI is InChI=1S/C33H28Br2F2N2O4/c34-26-9-3-1-7-22(26)19-33(32(41)38-20-25-28(36)11-5-12-29(25)37)30(24-8-2-4-10-27(24)35)43-31(39-33)21-13-15-23(16-14-21)42-18-6-17-40/h1-5,7-16,30,40H,6,17-20H2,(H,38,41)/t30-,33-/m1/s1. The van der Waals surface area contributed by atoms with E-state index < -0.39 is 29.2 Å². The number of ether oxygens (including phenoxy) is 2. The van der Waals surface area contributed by atoms with Crippen LogP contribution in [0.3, 0.4) is 0 Å². The van der Waals surface area contributed by atoms with Gasteiger partial charge in [-0.3, -0.25) is 4.79 Å². The lowest BCUT2D eigenvalue weighted by molar-refractivity contribution is -0.129. The van der Waals surface area contributed by atoms with Crippen molar-refractivity contribution in [1.29, 1.82) is 0 Å². The lowest BCUT2D eigenvalue weighted by Gasteiger charge is -2.31. The van der Waals surface area contributed by atoms with Gasteiger partial charge in [0.05, 0.1) is 6.61 Å². The van der Waals surface area contributed by atoms with Crippen LogP contribution >= 0.6 is 31.9 Å². The van der Waals surface area contributed by atoms with Gasteiger partial charge in [-0.25, -0.2) is 13.8 Å². The van der Waals surface area contributed by atoms with E-state index >= 15 is 0 Å². The second-order valence-electron chi connectivity index (χ2n) is 9.96. The minimum atomic E-state index is -1.55. The summed E-state index contributed by atoms with van der Waals surface area (Å²) < 4.78 is 42.7. The maximum atomic E-state index is 14.5. The molecule has 0 unspecified atom stereocenters. The van der Waals surface area contributed by atoms with Crippen LogP contribution in [0.1, 0.15) is 34.8 Å². The van der Waals surface area contributed by atoms with E-state index in [-0.39, 0.29) is 31.0 Å². The van der Waals surface area contributed by atoms with Crippen LogP contribution in [0.25, 0.3) is 0 Å². The van der Waals surface area contributed by atoms with Crippen molar-refractivity contribution in [2.75, 3.05) is 13.2 Å². The smallest absolute Gasteiger partial charge is 0.252 e. The van der Waals surface area contributed by atoms with Crippen molar-refractivity contribution in [3.05, 3.63) is 134 Å². The molecule has 1 aliphatic rings. The van der Waals surface area contributed by atoms with Gasteiger partial charge >= 0.3 is 0 Å². The number of aliphatic hydroxyl groups is 1. The first-order valence-electron chi connectivity index (χ1n) is 13.6. The molecule has 5 rings (SSSR count). The Morgan fingerprint density at radius 2 is 1.60 bits per heavy atom. The number of halogens is 4. The highest BCUT2D eigenvalue weighted by Crippen LogP contribution is 2.45. The Morgan fingerprint density at radius 3 is 2.28 bits per heavy atom. The van der Waals surface area contributed by atoms with Gasteiger partial charge in [-0.2, -0.15) is 0 Å². The third-order valence-corrected chi connectivity index (χ3v) is 8.62. The number of nitrogens with zero attached hydrogens (tertiary/aromatic N) is 1. The minimum Gasteiger partial charge on any atom is -0.494 e. The van der Waals surface area contributed by atoms with Crippen LogP contribution in [0.2, 0.25) is 0 Å². The Labute approximate surface area is 265 Å². The number of amides is 1. The monoisotopic (exact) mass is 712 g/mol. The second kappa shape index (κ2) is 13.8. The average molecular weight is 714 g/mol. The van der Waals surface area contributed by atoms with Crippen LogP contribution in [0.4, 0.5) is 8.78 Å². The molecule has 0 aliphatic carbocycles. The van der Waals surface area contributed by atoms with Gasteiger partial charge in [0, 0.05) is 51.6 Å². The van der Waals surface area contributed by atoms with Crippen molar-refractivity contribution in [2.24, 2.45) is 4.99 Å². The number of benzene rings is 4. The SMILES string of the molecule is O=C(NCc1c(F)cccc1F)[C@]1(Cc2ccccc2Br)N=C(c2ccc(OCCCO)cc2)O[C@@H]1c1ccccc1Br. The fourth-order valence-electron chi connectivity index (χ4n) is 4.90. The minimum absolute atomic E-state index is 0.0321. The Kier molecular flexibility index (Phi) is 9.90. The van der Waals surface area contributed by atoms with Crippen LogP contribution in [0, 0.1) is 11.6 Å². The highest BCUT2D eigenvalue weighted by molar-refractivity contribution is 9.10. The van der Waals surface area contributed by atoms with Crippen molar-refractivity contribution in [2.45, 2.75) is 31.0 Å². The summed E-state index contributed by atoms with van der Waals surface area (Å²) in [6, 6.07) is 25.6. The van der Waals surface area contributed by atoms with E-state index in [1.807, 2.05) is 48.5 Å². The highest BCUT2D eigenvalue weighted by atomic mass is 79.9. The van der Waals surface area contributed by atoms with Crippen LogP contribution in [-0.2, 0) is 22.5 Å². The fourth-order valence-corrected chi connectivity index (χ4v) is 5.82. The third-order valence-electron chi connectivity index (χ3n) is 7.12. The van der Waals surface area contributed by atoms with Crippen molar-refractivity contribution >= 4 is 43.7 Å². The number of aliphatic hydroxyl groups excluding tert-OH is 1. The van der Waals surface area contributed by atoms with Gasteiger partial charge < -0.3 is 19.9 Å². The molecular formula is C33H28Br2F2N2O4. The normalized spacial score (nSPS) is 17.7. The molecule has 4 aromatic carbocycles. The van der Waals surface area contributed by atoms with Crippen LogP contribution in [0.5, 0.6) is 5.75 Å². The zero-order valence-corrected chi connectivity index (χ0v) is 26.1. The van der Waals surface area contributed by atoms with E-state index in [4.69, 9.17) is 19.6 Å². The van der Waals surface area contributed by atoms with E-state index in [0.29, 0.717) is 34.4 Å². The quantitative estimate of drug-likeness (QED) is 0.163. The predicted molar refractivity (Wildman–Crippen MR) is 167 cm³/mol. The van der Waals surface area contributed by atoms with Crippen molar-refractivity contribution in [3.63, 3.8) is 0 Å². The first kappa shape index (κ1) is 30.8. The summed E-state index contributed by atoms with van der Waals surface area (Å²) in [5.74, 6) is -1.21. The van der Waals surface area contributed by atoms with E-state index in [2.05, 4.69) is 37.2 Å². The molecule has 1 amide bonds. The molecule has 4 aromatic rings. The number of hydrogen-bond donors (Lipinski definition) is 2. The Morgan fingerprint density at radius 1 is 0.930 bits per heavy atom. The molecule has 0 saturated heterocycles. The number of nitrogens with one attached hydrogen (secondary N) is 1. The number of aliphatic imine (C=N–C) groups is 1. The molecule has 2 atom stereocenters. The average Bonchev–Trinajstić information content (AvgIpc) is 3.39. The van der Waals surface area contributed by atoms with Gasteiger partial charge in [0.1, 0.15) is 17.4 Å². The molecule has 0 saturated carbocycles. The number of carbonyl (C=O) groups is 1.